The zero-order valence-corrected chi connectivity index (χ0v) is 13.5. The van der Waals surface area contributed by atoms with Gasteiger partial charge in [-0.25, -0.2) is 0 Å². The van der Waals surface area contributed by atoms with Gasteiger partial charge in [-0.3, -0.25) is 4.79 Å². The van der Waals surface area contributed by atoms with Crippen LogP contribution in [0.1, 0.15) is 47.0 Å². The average molecular weight is 296 g/mol. The van der Waals surface area contributed by atoms with E-state index in [1.807, 2.05) is 6.92 Å². The topological polar surface area (TPSA) is 66.8 Å². The van der Waals surface area contributed by atoms with Gasteiger partial charge < -0.3 is 14.9 Å². The number of carbonyl (C=O) groups excluding carboxylic acids is 1. The quantitative estimate of drug-likeness (QED) is 0.606. The van der Waals surface area contributed by atoms with Gasteiger partial charge in [0, 0.05) is 18.3 Å². The van der Waals surface area contributed by atoms with Crippen LogP contribution in [0, 0.1) is 23.2 Å². The van der Waals surface area contributed by atoms with Crippen molar-refractivity contribution in [3.05, 3.63) is 12.2 Å². The fraction of sp³-hybridized carbons (Fsp3) is 0.824. The van der Waals surface area contributed by atoms with E-state index in [9.17, 15) is 15.0 Å². The SMILES string of the molecule is C=C1C[C@@H](O)[C@H](O)[C@@]2(C)CC[C@@H](C(C)C)[C@@H](OC(C)=O)[C@H]12. The first-order valence-corrected chi connectivity index (χ1v) is 7.89. The van der Waals surface area contributed by atoms with Crippen LogP contribution in [-0.4, -0.2) is 34.5 Å². The van der Waals surface area contributed by atoms with Crippen LogP contribution in [0.15, 0.2) is 12.2 Å². The number of hydrogen-bond acceptors (Lipinski definition) is 4. The molecule has 4 nitrogen and oxygen atoms in total. The summed E-state index contributed by atoms with van der Waals surface area (Å²) < 4.78 is 5.66. The third kappa shape index (κ3) is 2.76. The number of rotatable bonds is 2. The molecule has 4 heteroatoms. The molecule has 6 atom stereocenters. The van der Waals surface area contributed by atoms with Gasteiger partial charge in [0.15, 0.2) is 0 Å². The monoisotopic (exact) mass is 296 g/mol. The number of ether oxygens (including phenoxy) is 1. The fourth-order valence-electron chi connectivity index (χ4n) is 4.46. The second kappa shape index (κ2) is 5.73. The summed E-state index contributed by atoms with van der Waals surface area (Å²) in [6.45, 7) is 11.8. The lowest BCUT2D eigenvalue weighted by atomic mass is 9.52. The molecule has 0 aromatic heterocycles. The van der Waals surface area contributed by atoms with Gasteiger partial charge in [-0.2, -0.15) is 0 Å². The highest BCUT2D eigenvalue weighted by molar-refractivity contribution is 5.66. The summed E-state index contributed by atoms with van der Waals surface area (Å²) in [6.07, 6.45) is 0.265. The molecule has 2 saturated carbocycles. The lowest BCUT2D eigenvalue weighted by Crippen LogP contribution is -2.59. The van der Waals surface area contributed by atoms with Crippen molar-refractivity contribution in [2.75, 3.05) is 0 Å². The van der Waals surface area contributed by atoms with Gasteiger partial charge in [0.1, 0.15) is 6.10 Å². The number of fused-ring (bicyclic) bond motifs is 1. The van der Waals surface area contributed by atoms with Crippen LogP contribution in [0.5, 0.6) is 0 Å². The molecule has 0 radical (unpaired) electrons. The van der Waals surface area contributed by atoms with Crippen molar-refractivity contribution in [2.24, 2.45) is 23.2 Å². The Kier molecular flexibility index (Phi) is 4.50. The van der Waals surface area contributed by atoms with E-state index in [0.717, 1.165) is 18.4 Å². The predicted molar refractivity (Wildman–Crippen MR) is 80.5 cm³/mol. The Morgan fingerprint density at radius 3 is 2.57 bits per heavy atom. The summed E-state index contributed by atoms with van der Waals surface area (Å²) in [5.41, 5.74) is 0.423. The number of carbonyl (C=O) groups is 1. The Bertz CT molecular complexity index is 431. The molecule has 0 aromatic carbocycles. The van der Waals surface area contributed by atoms with Crippen LogP contribution >= 0.6 is 0 Å². The molecule has 120 valence electrons. The van der Waals surface area contributed by atoms with Crippen molar-refractivity contribution < 1.29 is 19.7 Å². The lowest BCUT2D eigenvalue weighted by Gasteiger charge is -2.56. The zero-order chi connectivity index (χ0) is 15.9. The van der Waals surface area contributed by atoms with Gasteiger partial charge >= 0.3 is 5.97 Å². The van der Waals surface area contributed by atoms with Crippen LogP contribution in [0.25, 0.3) is 0 Å². The molecule has 0 saturated heterocycles. The highest BCUT2D eigenvalue weighted by atomic mass is 16.5. The lowest BCUT2D eigenvalue weighted by molar-refractivity contribution is -0.183. The van der Waals surface area contributed by atoms with Gasteiger partial charge in [0.25, 0.3) is 0 Å². The molecule has 2 aliphatic carbocycles. The van der Waals surface area contributed by atoms with Crippen molar-refractivity contribution >= 4 is 5.97 Å². The number of aliphatic hydroxyl groups excluding tert-OH is 2. The van der Waals surface area contributed by atoms with E-state index in [0.29, 0.717) is 12.3 Å². The largest absolute Gasteiger partial charge is 0.462 e. The second-order valence-corrected chi connectivity index (χ2v) is 7.38. The van der Waals surface area contributed by atoms with Crippen molar-refractivity contribution in [2.45, 2.75) is 65.3 Å². The van der Waals surface area contributed by atoms with E-state index in [1.165, 1.54) is 6.92 Å². The summed E-state index contributed by atoms with van der Waals surface area (Å²) in [4.78, 5) is 11.5. The molecule has 0 aliphatic heterocycles. The van der Waals surface area contributed by atoms with E-state index >= 15 is 0 Å². The maximum atomic E-state index is 11.5. The first-order chi connectivity index (χ1) is 9.68. The fourth-order valence-corrected chi connectivity index (χ4v) is 4.46. The Morgan fingerprint density at radius 2 is 2.05 bits per heavy atom. The summed E-state index contributed by atoms with van der Waals surface area (Å²) in [6, 6.07) is 0. The predicted octanol–water partition coefficient (Wildman–Crippen LogP) is 2.29. The molecule has 2 aliphatic rings. The van der Waals surface area contributed by atoms with Crippen LogP contribution in [0.2, 0.25) is 0 Å². The minimum absolute atomic E-state index is 0.0825. The third-order valence-electron chi connectivity index (χ3n) is 5.59. The molecule has 2 N–H and O–H groups in total. The van der Waals surface area contributed by atoms with Crippen LogP contribution in [-0.2, 0) is 9.53 Å². The highest BCUT2D eigenvalue weighted by Gasteiger charge is 2.57. The van der Waals surface area contributed by atoms with E-state index in [4.69, 9.17) is 4.74 Å². The summed E-state index contributed by atoms with van der Waals surface area (Å²) >= 11 is 0. The van der Waals surface area contributed by atoms with Crippen LogP contribution in [0.4, 0.5) is 0 Å². The number of hydrogen-bond donors (Lipinski definition) is 2. The van der Waals surface area contributed by atoms with Crippen molar-refractivity contribution in [3.8, 4) is 0 Å². The Hall–Kier alpha value is -0.870. The summed E-state index contributed by atoms with van der Waals surface area (Å²) in [5, 5.41) is 20.6. The van der Waals surface area contributed by atoms with Crippen molar-refractivity contribution in [1.29, 1.82) is 0 Å². The van der Waals surface area contributed by atoms with Gasteiger partial charge in [-0.05, 0) is 31.1 Å². The summed E-state index contributed by atoms with van der Waals surface area (Å²) in [7, 11) is 0. The Morgan fingerprint density at radius 1 is 1.43 bits per heavy atom. The second-order valence-electron chi connectivity index (χ2n) is 7.38. The molecule has 21 heavy (non-hydrogen) atoms. The highest BCUT2D eigenvalue weighted by Crippen LogP contribution is 2.55. The minimum Gasteiger partial charge on any atom is -0.462 e. The van der Waals surface area contributed by atoms with Gasteiger partial charge in [0.2, 0.25) is 0 Å². The van der Waals surface area contributed by atoms with Crippen LogP contribution < -0.4 is 0 Å². The number of esters is 1. The maximum absolute atomic E-state index is 11.5. The Balaban J connectivity index is 2.40. The van der Waals surface area contributed by atoms with Gasteiger partial charge in [0.05, 0.1) is 12.2 Å². The van der Waals surface area contributed by atoms with E-state index in [1.54, 1.807) is 0 Å². The smallest absolute Gasteiger partial charge is 0.302 e. The van der Waals surface area contributed by atoms with Gasteiger partial charge in [-0.15, -0.1) is 0 Å². The first kappa shape index (κ1) is 16.5. The maximum Gasteiger partial charge on any atom is 0.302 e. The molecule has 0 spiro atoms. The molecule has 0 aromatic rings. The summed E-state index contributed by atoms with van der Waals surface area (Å²) in [5.74, 6) is 0.297. The van der Waals surface area contributed by atoms with Crippen LogP contribution in [0.3, 0.4) is 0 Å². The van der Waals surface area contributed by atoms with Crippen molar-refractivity contribution in [1.82, 2.24) is 0 Å². The van der Waals surface area contributed by atoms with E-state index < -0.39 is 17.6 Å². The minimum atomic E-state index is -0.792. The molecule has 0 amide bonds. The van der Waals surface area contributed by atoms with E-state index in [2.05, 4.69) is 20.4 Å². The molecule has 2 rings (SSSR count). The standard InChI is InChI=1S/C17H28O4/c1-9(2)12-6-7-17(5)14(15(12)21-11(4)18)10(3)8-13(19)16(17)20/h9,12-16,19-20H,3,6-8H2,1-2,4-5H3/t12-,13+,14-,15+,16-,17-/m0/s1. The third-order valence-corrected chi connectivity index (χ3v) is 5.59. The molecular weight excluding hydrogens is 268 g/mol. The van der Waals surface area contributed by atoms with E-state index in [-0.39, 0.29) is 23.9 Å². The molecule has 0 bridgehead atoms. The molecule has 2 fully saturated rings. The normalized spacial score (nSPS) is 43.6. The number of aliphatic hydroxyl groups is 2. The molecule has 0 heterocycles. The Labute approximate surface area is 127 Å². The first-order valence-electron chi connectivity index (χ1n) is 7.89. The average Bonchev–Trinajstić information content (AvgIpc) is 2.35. The van der Waals surface area contributed by atoms with Crippen molar-refractivity contribution in [3.63, 3.8) is 0 Å². The molecular formula is C17H28O4. The molecule has 0 unspecified atom stereocenters. The van der Waals surface area contributed by atoms with Gasteiger partial charge in [-0.1, -0.05) is 32.9 Å². The zero-order valence-electron chi connectivity index (χ0n) is 13.5.